The molecule has 0 bridgehead atoms. The standard InChI is InChI=1S/C18H21BrF3NO4/c1-16(2,3)27-15(26)23-9-12(8-11-4-6-13(19)7-5-11)17(10-23,14(24)25)18(20,21)22/h4-7,12H,8-10H2,1-3H3,(H,24,25). The van der Waals surface area contributed by atoms with Crippen LogP contribution in [0.5, 0.6) is 0 Å². The van der Waals surface area contributed by atoms with Crippen molar-refractivity contribution >= 4 is 28.0 Å². The van der Waals surface area contributed by atoms with Crippen LogP contribution in [-0.2, 0) is 16.0 Å². The lowest BCUT2D eigenvalue weighted by atomic mass is 9.74. The lowest BCUT2D eigenvalue weighted by molar-refractivity contribution is -0.237. The molecule has 1 heterocycles. The van der Waals surface area contributed by atoms with Crippen molar-refractivity contribution in [3.63, 3.8) is 0 Å². The number of rotatable bonds is 3. The topological polar surface area (TPSA) is 66.8 Å². The summed E-state index contributed by atoms with van der Waals surface area (Å²) >= 11 is 3.25. The molecule has 1 saturated heterocycles. The predicted octanol–water partition coefficient (Wildman–Crippen LogP) is 4.49. The molecule has 2 rings (SSSR count). The first-order valence-electron chi connectivity index (χ1n) is 8.29. The van der Waals surface area contributed by atoms with E-state index < -0.39 is 41.7 Å². The first-order chi connectivity index (χ1) is 12.3. The van der Waals surface area contributed by atoms with Gasteiger partial charge < -0.3 is 14.7 Å². The number of hydrogen-bond acceptors (Lipinski definition) is 3. The molecule has 1 aromatic carbocycles. The molecule has 0 spiro atoms. The molecule has 150 valence electrons. The second-order valence-corrected chi connectivity index (χ2v) is 8.58. The second kappa shape index (κ2) is 7.33. The molecule has 2 atom stereocenters. The Balaban J connectivity index is 2.38. The van der Waals surface area contributed by atoms with E-state index in [1.54, 1.807) is 45.0 Å². The van der Waals surface area contributed by atoms with Gasteiger partial charge in [0.2, 0.25) is 0 Å². The van der Waals surface area contributed by atoms with Gasteiger partial charge in [-0.1, -0.05) is 28.1 Å². The number of hydrogen-bond donors (Lipinski definition) is 1. The van der Waals surface area contributed by atoms with Crippen molar-refractivity contribution in [1.82, 2.24) is 4.90 Å². The third-order valence-corrected chi connectivity index (χ3v) is 5.04. The summed E-state index contributed by atoms with van der Waals surface area (Å²) in [5, 5.41) is 9.52. The van der Waals surface area contributed by atoms with Gasteiger partial charge in [-0.2, -0.15) is 13.2 Å². The Morgan fingerprint density at radius 2 is 1.81 bits per heavy atom. The summed E-state index contributed by atoms with van der Waals surface area (Å²) in [6, 6.07) is 6.60. The van der Waals surface area contributed by atoms with E-state index in [4.69, 9.17) is 4.74 Å². The molecule has 1 fully saturated rings. The maximum Gasteiger partial charge on any atom is 0.410 e. The smallest absolute Gasteiger partial charge is 0.410 e. The highest BCUT2D eigenvalue weighted by Crippen LogP contribution is 2.50. The van der Waals surface area contributed by atoms with Crippen LogP contribution in [0.2, 0.25) is 0 Å². The van der Waals surface area contributed by atoms with Gasteiger partial charge in [-0.3, -0.25) is 4.79 Å². The maximum absolute atomic E-state index is 13.9. The van der Waals surface area contributed by atoms with Gasteiger partial charge in [-0.15, -0.1) is 0 Å². The van der Waals surface area contributed by atoms with E-state index >= 15 is 0 Å². The highest BCUT2D eigenvalue weighted by Gasteiger charge is 2.69. The molecule has 5 nitrogen and oxygen atoms in total. The average Bonchev–Trinajstić information content (AvgIpc) is 2.88. The number of carboxylic acid groups (broad SMARTS) is 1. The van der Waals surface area contributed by atoms with Crippen LogP contribution in [0.1, 0.15) is 26.3 Å². The van der Waals surface area contributed by atoms with Gasteiger partial charge in [-0.05, 0) is 44.9 Å². The van der Waals surface area contributed by atoms with Crippen molar-refractivity contribution < 1.29 is 32.6 Å². The third-order valence-electron chi connectivity index (χ3n) is 4.51. The van der Waals surface area contributed by atoms with Gasteiger partial charge in [0, 0.05) is 23.5 Å². The lowest BCUT2D eigenvalue weighted by Crippen LogP contribution is -2.52. The van der Waals surface area contributed by atoms with Crippen molar-refractivity contribution in [3.05, 3.63) is 34.3 Å². The largest absolute Gasteiger partial charge is 0.481 e. The fourth-order valence-corrected chi connectivity index (χ4v) is 3.47. The SMILES string of the molecule is CC(C)(C)OC(=O)N1CC(Cc2ccc(Br)cc2)C(C(=O)O)(C(F)(F)F)C1. The second-order valence-electron chi connectivity index (χ2n) is 7.66. The van der Waals surface area contributed by atoms with Crippen LogP contribution >= 0.6 is 15.9 Å². The monoisotopic (exact) mass is 451 g/mol. The summed E-state index contributed by atoms with van der Waals surface area (Å²) in [4.78, 5) is 24.9. The van der Waals surface area contributed by atoms with E-state index in [2.05, 4.69) is 15.9 Å². The Bertz CT molecular complexity index is 715. The van der Waals surface area contributed by atoms with Crippen LogP contribution in [0, 0.1) is 11.3 Å². The summed E-state index contributed by atoms with van der Waals surface area (Å²) in [5.74, 6) is -3.31. The van der Waals surface area contributed by atoms with E-state index in [0.717, 1.165) is 9.37 Å². The number of carbonyl (C=O) groups excluding carboxylic acids is 1. The number of nitrogens with zero attached hydrogens (tertiary/aromatic N) is 1. The molecule has 0 radical (unpaired) electrons. The van der Waals surface area contributed by atoms with Gasteiger partial charge in [-0.25, -0.2) is 4.79 Å². The van der Waals surface area contributed by atoms with Crippen LogP contribution in [0.4, 0.5) is 18.0 Å². The summed E-state index contributed by atoms with van der Waals surface area (Å²) in [6.45, 7) is 3.45. The average molecular weight is 452 g/mol. The van der Waals surface area contributed by atoms with Crippen LogP contribution in [0.25, 0.3) is 0 Å². The summed E-state index contributed by atoms with van der Waals surface area (Å²) in [6.07, 6.45) is -6.09. The minimum absolute atomic E-state index is 0.127. The molecule has 1 amide bonds. The molecule has 27 heavy (non-hydrogen) atoms. The molecule has 0 aliphatic carbocycles. The molecule has 2 unspecified atom stereocenters. The molecule has 9 heteroatoms. The Morgan fingerprint density at radius 1 is 1.26 bits per heavy atom. The Kier molecular flexibility index (Phi) is 5.85. The first kappa shape index (κ1) is 21.5. The number of amides is 1. The summed E-state index contributed by atoms with van der Waals surface area (Å²) in [7, 11) is 0. The molecule has 1 N–H and O–H groups in total. The fourth-order valence-electron chi connectivity index (χ4n) is 3.21. The molecule has 0 saturated carbocycles. The maximum atomic E-state index is 13.9. The number of carboxylic acids is 1. The Hall–Kier alpha value is -1.77. The van der Waals surface area contributed by atoms with Gasteiger partial charge in [0.15, 0.2) is 5.41 Å². The van der Waals surface area contributed by atoms with E-state index in [1.165, 1.54) is 0 Å². The number of aliphatic carboxylic acids is 1. The van der Waals surface area contributed by atoms with Crippen molar-refractivity contribution in [1.29, 1.82) is 0 Å². The zero-order valence-corrected chi connectivity index (χ0v) is 16.7. The normalized spacial score (nSPS) is 23.4. The van der Waals surface area contributed by atoms with Crippen molar-refractivity contribution in [2.75, 3.05) is 13.1 Å². The fraction of sp³-hybridized carbons (Fsp3) is 0.556. The molecule has 1 aliphatic rings. The molecular formula is C18H21BrF3NO4. The van der Waals surface area contributed by atoms with Crippen molar-refractivity contribution in [2.24, 2.45) is 11.3 Å². The first-order valence-corrected chi connectivity index (χ1v) is 9.08. The molecule has 1 aliphatic heterocycles. The third kappa shape index (κ3) is 4.56. The zero-order chi connectivity index (χ0) is 20.6. The highest BCUT2D eigenvalue weighted by atomic mass is 79.9. The molecular weight excluding hydrogens is 431 g/mol. The lowest BCUT2D eigenvalue weighted by Gasteiger charge is -2.32. The van der Waals surface area contributed by atoms with Crippen molar-refractivity contribution in [3.8, 4) is 0 Å². The van der Waals surface area contributed by atoms with Gasteiger partial charge >= 0.3 is 18.2 Å². The number of benzene rings is 1. The van der Waals surface area contributed by atoms with Crippen LogP contribution in [0.15, 0.2) is 28.7 Å². The molecule has 0 aromatic heterocycles. The highest BCUT2D eigenvalue weighted by molar-refractivity contribution is 9.10. The van der Waals surface area contributed by atoms with Crippen LogP contribution in [0.3, 0.4) is 0 Å². The number of alkyl halides is 3. The Morgan fingerprint density at radius 3 is 2.26 bits per heavy atom. The number of halogens is 4. The minimum Gasteiger partial charge on any atom is -0.481 e. The quantitative estimate of drug-likeness (QED) is 0.734. The van der Waals surface area contributed by atoms with Gasteiger partial charge in [0.1, 0.15) is 5.60 Å². The molecule has 1 aromatic rings. The number of carbonyl (C=O) groups is 2. The van der Waals surface area contributed by atoms with Gasteiger partial charge in [0.25, 0.3) is 0 Å². The predicted molar refractivity (Wildman–Crippen MR) is 95.3 cm³/mol. The van der Waals surface area contributed by atoms with Crippen molar-refractivity contribution in [2.45, 2.75) is 39.0 Å². The van der Waals surface area contributed by atoms with E-state index in [-0.39, 0.29) is 13.0 Å². The minimum atomic E-state index is -5.02. The summed E-state index contributed by atoms with van der Waals surface area (Å²) in [5.41, 5.74) is -3.38. The van der Waals surface area contributed by atoms with E-state index in [1.807, 2.05) is 0 Å². The van der Waals surface area contributed by atoms with E-state index in [0.29, 0.717) is 5.56 Å². The number of ether oxygens (including phenoxy) is 1. The van der Waals surface area contributed by atoms with Crippen LogP contribution < -0.4 is 0 Å². The van der Waals surface area contributed by atoms with Crippen LogP contribution in [-0.4, -0.2) is 46.9 Å². The van der Waals surface area contributed by atoms with Gasteiger partial charge in [0.05, 0.1) is 0 Å². The summed E-state index contributed by atoms with van der Waals surface area (Å²) < 4.78 is 47.6. The number of likely N-dealkylation sites (tertiary alicyclic amines) is 1. The Labute approximate surface area is 163 Å². The zero-order valence-electron chi connectivity index (χ0n) is 15.1. The van der Waals surface area contributed by atoms with E-state index in [9.17, 15) is 27.9 Å².